The molecule has 0 fully saturated rings. The average Bonchev–Trinajstić information content (AvgIpc) is 2.87. The lowest BCUT2D eigenvalue weighted by Gasteiger charge is -2.21. The molecule has 0 bridgehead atoms. The van der Waals surface area contributed by atoms with Gasteiger partial charge >= 0.3 is 5.97 Å². The quantitative estimate of drug-likeness (QED) is 0.0839. The number of allylic oxidation sites excluding steroid dienone is 1. The monoisotopic (exact) mass is 536 g/mol. The maximum absolute atomic E-state index is 12.2. The highest BCUT2D eigenvalue weighted by atomic mass is 16.5. The summed E-state index contributed by atoms with van der Waals surface area (Å²) < 4.78 is 5.63. The van der Waals surface area contributed by atoms with Crippen LogP contribution in [0.15, 0.2) is 12.3 Å². The Kier molecular flexibility index (Phi) is 25.6. The number of nitrogens with one attached hydrogen (secondary N) is 1. The van der Waals surface area contributed by atoms with Gasteiger partial charge in [-0.05, 0) is 61.5 Å². The van der Waals surface area contributed by atoms with E-state index in [2.05, 4.69) is 59.1 Å². The number of carbonyl (C=O) groups is 1. The Morgan fingerprint density at radius 3 is 1.84 bits per heavy atom. The molecule has 0 heterocycles. The predicted molar refractivity (Wildman–Crippen MR) is 168 cm³/mol. The Hall–Kier alpha value is -0.990. The normalized spacial score (nSPS) is 14.3. The van der Waals surface area contributed by atoms with Gasteiger partial charge in [0.15, 0.2) is 0 Å². The first kappa shape index (κ1) is 37.0. The molecule has 0 rings (SSSR count). The van der Waals surface area contributed by atoms with E-state index in [0.29, 0.717) is 30.8 Å². The third kappa shape index (κ3) is 24.1. The van der Waals surface area contributed by atoms with Crippen molar-refractivity contribution in [2.45, 2.75) is 164 Å². The molecule has 0 aromatic carbocycles. The van der Waals surface area contributed by atoms with Gasteiger partial charge < -0.3 is 10.1 Å². The maximum Gasteiger partial charge on any atom is 0.305 e. The molecule has 226 valence electrons. The van der Waals surface area contributed by atoms with Gasteiger partial charge in [-0.2, -0.15) is 0 Å². The topological polar surface area (TPSA) is 38.3 Å². The van der Waals surface area contributed by atoms with Gasteiger partial charge in [-0.15, -0.1) is 0 Å². The first-order chi connectivity index (χ1) is 18.3. The summed E-state index contributed by atoms with van der Waals surface area (Å²) in [6.45, 7) is 14.4. The summed E-state index contributed by atoms with van der Waals surface area (Å²) in [5, 5.41) is 3.19. The van der Waals surface area contributed by atoms with E-state index in [1.54, 1.807) is 0 Å². The van der Waals surface area contributed by atoms with Crippen LogP contribution in [0.5, 0.6) is 0 Å². The number of rotatable bonds is 27. The van der Waals surface area contributed by atoms with Gasteiger partial charge in [0, 0.05) is 13.5 Å². The van der Waals surface area contributed by atoms with Gasteiger partial charge in [0.2, 0.25) is 0 Å². The lowest BCUT2D eigenvalue weighted by Crippen LogP contribution is -2.19. The van der Waals surface area contributed by atoms with Crippen LogP contribution in [-0.2, 0) is 9.53 Å². The third-order valence-electron chi connectivity index (χ3n) is 8.33. The van der Waals surface area contributed by atoms with E-state index in [-0.39, 0.29) is 5.97 Å². The Bertz CT molecular complexity index is 542. The Morgan fingerprint density at radius 2 is 1.26 bits per heavy atom. The summed E-state index contributed by atoms with van der Waals surface area (Å²) in [5.41, 5.74) is 0. The van der Waals surface area contributed by atoms with Crippen LogP contribution in [0.3, 0.4) is 0 Å². The summed E-state index contributed by atoms with van der Waals surface area (Å²) in [4.78, 5) is 12.2. The SMILES string of the molecule is CCCCCC(C)CCCCCC(/C=C/NC)CCCCCCCCC(=O)OCC(CCC(C)C)C(C)C. The van der Waals surface area contributed by atoms with Crippen LogP contribution >= 0.6 is 0 Å². The van der Waals surface area contributed by atoms with Crippen LogP contribution in [0.1, 0.15) is 164 Å². The Morgan fingerprint density at radius 1 is 0.711 bits per heavy atom. The van der Waals surface area contributed by atoms with Crippen molar-refractivity contribution in [3.05, 3.63) is 12.3 Å². The molecule has 0 aromatic heterocycles. The zero-order chi connectivity index (χ0) is 28.4. The van der Waals surface area contributed by atoms with Crippen molar-refractivity contribution in [1.29, 1.82) is 0 Å². The average molecular weight is 536 g/mol. The summed E-state index contributed by atoms with van der Waals surface area (Å²) in [5.74, 6) is 3.41. The van der Waals surface area contributed by atoms with Gasteiger partial charge in [0.05, 0.1) is 6.61 Å². The van der Waals surface area contributed by atoms with Gasteiger partial charge in [-0.1, -0.05) is 138 Å². The molecule has 3 atom stereocenters. The summed E-state index contributed by atoms with van der Waals surface area (Å²) in [6, 6.07) is 0. The molecule has 38 heavy (non-hydrogen) atoms. The molecule has 0 aliphatic rings. The molecule has 3 nitrogen and oxygen atoms in total. The lowest BCUT2D eigenvalue weighted by atomic mass is 9.89. The molecular weight excluding hydrogens is 466 g/mol. The molecule has 0 aliphatic heterocycles. The fourth-order valence-corrected chi connectivity index (χ4v) is 5.34. The van der Waals surface area contributed by atoms with Gasteiger partial charge in [0.25, 0.3) is 0 Å². The number of esters is 1. The summed E-state index contributed by atoms with van der Waals surface area (Å²) >= 11 is 0. The molecule has 0 aliphatic carbocycles. The first-order valence-electron chi connectivity index (χ1n) is 16.8. The summed E-state index contributed by atoms with van der Waals surface area (Å²) in [7, 11) is 2.00. The van der Waals surface area contributed by atoms with E-state index < -0.39 is 0 Å². The van der Waals surface area contributed by atoms with Crippen molar-refractivity contribution in [3.8, 4) is 0 Å². The molecule has 0 saturated carbocycles. The third-order valence-corrected chi connectivity index (χ3v) is 8.33. The number of carbonyl (C=O) groups excluding carboxylic acids is 1. The Balaban J connectivity index is 3.87. The molecule has 3 unspecified atom stereocenters. The van der Waals surface area contributed by atoms with E-state index in [4.69, 9.17) is 4.74 Å². The summed E-state index contributed by atoms with van der Waals surface area (Å²) in [6.07, 6.45) is 28.6. The highest BCUT2D eigenvalue weighted by Crippen LogP contribution is 2.23. The smallest absolute Gasteiger partial charge is 0.305 e. The van der Waals surface area contributed by atoms with Crippen LogP contribution in [0.4, 0.5) is 0 Å². The van der Waals surface area contributed by atoms with E-state index in [1.807, 2.05) is 7.05 Å². The van der Waals surface area contributed by atoms with Crippen LogP contribution in [0.25, 0.3) is 0 Å². The number of hydrogen-bond donors (Lipinski definition) is 1. The second-order valence-electron chi connectivity index (χ2n) is 13.0. The van der Waals surface area contributed by atoms with E-state index in [9.17, 15) is 4.79 Å². The molecule has 0 amide bonds. The fourth-order valence-electron chi connectivity index (χ4n) is 5.34. The van der Waals surface area contributed by atoms with Crippen molar-refractivity contribution in [2.75, 3.05) is 13.7 Å². The van der Waals surface area contributed by atoms with Gasteiger partial charge in [0.1, 0.15) is 0 Å². The second kappa shape index (κ2) is 26.2. The fraction of sp³-hybridized carbons (Fsp3) is 0.914. The first-order valence-corrected chi connectivity index (χ1v) is 16.8. The van der Waals surface area contributed by atoms with Crippen molar-refractivity contribution >= 4 is 5.97 Å². The molecule has 0 saturated heterocycles. The lowest BCUT2D eigenvalue weighted by molar-refractivity contribution is -0.145. The van der Waals surface area contributed by atoms with Crippen LogP contribution in [0.2, 0.25) is 0 Å². The minimum absolute atomic E-state index is 0.00492. The molecule has 0 aromatic rings. The largest absolute Gasteiger partial charge is 0.465 e. The minimum atomic E-state index is 0.00492. The van der Waals surface area contributed by atoms with Gasteiger partial charge in [-0.25, -0.2) is 0 Å². The zero-order valence-corrected chi connectivity index (χ0v) is 27.0. The number of ether oxygens (including phenoxy) is 1. The van der Waals surface area contributed by atoms with Gasteiger partial charge in [-0.3, -0.25) is 4.79 Å². The second-order valence-corrected chi connectivity index (χ2v) is 13.0. The number of hydrogen-bond acceptors (Lipinski definition) is 3. The van der Waals surface area contributed by atoms with Crippen LogP contribution in [0, 0.1) is 29.6 Å². The molecule has 0 radical (unpaired) electrons. The molecular formula is C35H69NO2. The van der Waals surface area contributed by atoms with Crippen LogP contribution in [-0.4, -0.2) is 19.6 Å². The van der Waals surface area contributed by atoms with Crippen molar-refractivity contribution in [2.24, 2.45) is 29.6 Å². The van der Waals surface area contributed by atoms with Crippen LogP contribution < -0.4 is 5.32 Å². The Labute approximate surface area is 239 Å². The van der Waals surface area contributed by atoms with E-state index in [1.165, 1.54) is 96.3 Å². The molecule has 1 N–H and O–H groups in total. The van der Waals surface area contributed by atoms with E-state index >= 15 is 0 Å². The minimum Gasteiger partial charge on any atom is -0.465 e. The highest BCUT2D eigenvalue weighted by Gasteiger charge is 2.16. The van der Waals surface area contributed by atoms with Crippen molar-refractivity contribution in [1.82, 2.24) is 5.32 Å². The highest BCUT2D eigenvalue weighted by molar-refractivity contribution is 5.69. The zero-order valence-electron chi connectivity index (χ0n) is 27.0. The predicted octanol–water partition coefficient (Wildman–Crippen LogP) is 10.9. The molecule has 3 heteroatoms. The van der Waals surface area contributed by atoms with Crippen molar-refractivity contribution < 1.29 is 9.53 Å². The van der Waals surface area contributed by atoms with Crippen molar-refractivity contribution in [3.63, 3.8) is 0 Å². The van der Waals surface area contributed by atoms with E-state index in [0.717, 1.165) is 31.1 Å². The maximum atomic E-state index is 12.2. The number of unbranched alkanes of at least 4 members (excludes halogenated alkanes) is 9. The molecule has 0 spiro atoms. The standard InChI is InChI=1S/C35H69NO2/c1-8-9-15-20-32(6)21-16-14-18-23-33(27-28-36-7)22-17-12-10-11-13-19-24-35(37)38-29-34(31(4)5)26-25-30(2)3/h27-28,30-34,36H,8-26,29H2,1-7H3/b28-27+.